The molecule has 6 heterocycles. The first-order valence-corrected chi connectivity index (χ1v) is 23.8. The summed E-state index contributed by atoms with van der Waals surface area (Å²) in [5, 5.41) is 6.77. The lowest BCUT2D eigenvalue weighted by molar-refractivity contribution is -0.121. The third-order valence-corrected chi connectivity index (χ3v) is 12.5. The summed E-state index contributed by atoms with van der Waals surface area (Å²) in [6, 6.07) is 3.59. The highest BCUT2D eigenvalue weighted by atomic mass is 16.6. The Morgan fingerprint density at radius 1 is 0.483 bits per heavy atom. The monoisotopic (exact) mass is 850 g/mol. The molecule has 0 unspecified atom stereocenters. The first kappa shape index (κ1) is 52.3. The van der Waals surface area contributed by atoms with Crippen molar-refractivity contribution < 1.29 is 23.9 Å². The number of piperidine rings is 3. The Morgan fingerprint density at radius 2 is 0.817 bits per heavy atom. The topological polar surface area (TPSA) is 116 Å². The molecule has 60 heavy (non-hydrogen) atoms. The van der Waals surface area contributed by atoms with Gasteiger partial charge in [-0.15, -0.1) is 0 Å². The van der Waals surface area contributed by atoms with Crippen molar-refractivity contribution in [2.75, 3.05) is 118 Å². The van der Waals surface area contributed by atoms with Gasteiger partial charge in [-0.1, -0.05) is 0 Å². The molecule has 14 heteroatoms. The van der Waals surface area contributed by atoms with Crippen LogP contribution in [0, 0.1) is 0 Å². The number of hydrogen-bond donors (Lipinski definition) is 2. The van der Waals surface area contributed by atoms with Crippen LogP contribution in [0.2, 0.25) is 0 Å². The van der Waals surface area contributed by atoms with Gasteiger partial charge in [-0.2, -0.15) is 0 Å². The second kappa shape index (κ2) is 25.9. The van der Waals surface area contributed by atoms with E-state index in [9.17, 15) is 14.4 Å². The Hall–Kier alpha value is -2.07. The number of hydrogen-bond acceptors (Lipinski definition) is 12. The molecule has 0 aromatic rings. The Kier molecular flexibility index (Phi) is 22.6. The number of nitrogens with zero attached hydrogens (tertiary/aromatic N) is 7. The van der Waals surface area contributed by atoms with E-state index in [-0.39, 0.29) is 18.0 Å². The predicted octanol–water partition coefficient (Wildman–Crippen LogP) is 5.06. The number of piperazine rings is 3. The second-order valence-electron chi connectivity index (χ2n) is 20.4. The molecule has 0 spiro atoms. The van der Waals surface area contributed by atoms with Crippen LogP contribution in [0.3, 0.4) is 0 Å². The van der Waals surface area contributed by atoms with Gasteiger partial charge in [0, 0.05) is 148 Å². The van der Waals surface area contributed by atoms with Crippen molar-refractivity contribution in [2.45, 2.75) is 163 Å². The van der Waals surface area contributed by atoms with Crippen LogP contribution in [0.25, 0.3) is 0 Å². The van der Waals surface area contributed by atoms with Crippen LogP contribution in [0.5, 0.6) is 0 Å². The highest BCUT2D eigenvalue weighted by Gasteiger charge is 2.32. The van der Waals surface area contributed by atoms with E-state index in [1.807, 2.05) is 46.4 Å². The van der Waals surface area contributed by atoms with Crippen molar-refractivity contribution in [2.24, 2.45) is 0 Å². The van der Waals surface area contributed by atoms with Crippen molar-refractivity contribution in [1.82, 2.24) is 44.9 Å². The molecule has 0 bridgehead atoms. The number of ether oxygens (including phenoxy) is 2. The van der Waals surface area contributed by atoms with Crippen molar-refractivity contribution >= 4 is 18.0 Å². The Bertz CT molecular complexity index is 1210. The SMILES string of the molecule is CC(C)(C)OC(=O)N1CCC(=O)CC1.CC(C)N1CCN(C2CCN(C(=O)OC(C)(C)C)CC2)CC1.CC(C)N1CCN(C2CCNCC2)CC1.CC(C)N1CCNCC1. The van der Waals surface area contributed by atoms with Gasteiger partial charge in [0.1, 0.15) is 17.0 Å². The first-order valence-electron chi connectivity index (χ1n) is 23.8. The minimum absolute atomic E-state index is 0.157. The van der Waals surface area contributed by atoms with Crippen molar-refractivity contribution in [3.63, 3.8) is 0 Å². The number of likely N-dealkylation sites (tertiary alicyclic amines) is 2. The standard InChI is InChI=1S/C17H33N3O2.C12H25N3.C10H17NO3.C7H16N2/c1-14(2)18-10-12-19(13-11-18)15-6-8-20(9-7-15)16(21)22-17(3,4)5;1-11(2)14-7-9-15(10-8-14)12-3-5-13-6-4-12;1-10(2,3)14-9(13)11-6-4-8(12)5-7-11;1-7(2)9-5-3-8-4-6-9/h14-15H,6-13H2,1-5H3;11-13H,3-10H2,1-2H3;4-7H2,1-3H3;7-8H,3-6H2,1-2H3. The summed E-state index contributed by atoms with van der Waals surface area (Å²) in [5.74, 6) is 0.227. The van der Waals surface area contributed by atoms with E-state index in [2.05, 4.69) is 76.7 Å². The molecule has 6 aliphatic heterocycles. The zero-order valence-electron chi connectivity index (χ0n) is 40.5. The van der Waals surface area contributed by atoms with Crippen molar-refractivity contribution in [1.29, 1.82) is 0 Å². The van der Waals surface area contributed by atoms with E-state index < -0.39 is 11.2 Å². The molecule has 350 valence electrons. The average molecular weight is 850 g/mol. The lowest BCUT2D eigenvalue weighted by atomic mass is 10.0. The molecule has 0 saturated carbocycles. The van der Waals surface area contributed by atoms with Gasteiger partial charge in [0.2, 0.25) is 0 Å². The average Bonchev–Trinajstić information content (AvgIpc) is 3.21. The summed E-state index contributed by atoms with van der Waals surface area (Å²) in [5.41, 5.74) is -0.861. The van der Waals surface area contributed by atoms with Gasteiger partial charge in [-0.3, -0.25) is 29.3 Å². The van der Waals surface area contributed by atoms with Crippen molar-refractivity contribution in [3.05, 3.63) is 0 Å². The number of Topliss-reactive ketones (excluding diaryl/α,β-unsaturated/α-hetero) is 1. The second-order valence-corrected chi connectivity index (χ2v) is 20.4. The van der Waals surface area contributed by atoms with Gasteiger partial charge in [-0.25, -0.2) is 9.59 Å². The van der Waals surface area contributed by atoms with Crippen LogP contribution < -0.4 is 10.6 Å². The lowest BCUT2D eigenvalue weighted by Gasteiger charge is -2.43. The van der Waals surface area contributed by atoms with Gasteiger partial charge in [0.05, 0.1) is 0 Å². The largest absolute Gasteiger partial charge is 0.444 e. The molecule has 2 N–H and O–H groups in total. The fourth-order valence-corrected chi connectivity index (χ4v) is 8.61. The van der Waals surface area contributed by atoms with Gasteiger partial charge >= 0.3 is 12.2 Å². The highest BCUT2D eigenvalue weighted by molar-refractivity contribution is 5.81. The van der Waals surface area contributed by atoms with Gasteiger partial charge in [0.15, 0.2) is 0 Å². The summed E-state index contributed by atoms with van der Waals surface area (Å²) in [7, 11) is 0. The van der Waals surface area contributed by atoms with E-state index in [0.29, 0.717) is 38.0 Å². The van der Waals surface area contributed by atoms with Crippen LogP contribution in [0.4, 0.5) is 9.59 Å². The normalized spacial score (nSPS) is 23.0. The molecule has 0 radical (unpaired) electrons. The Morgan fingerprint density at radius 3 is 1.17 bits per heavy atom. The van der Waals surface area contributed by atoms with Crippen LogP contribution in [0.15, 0.2) is 0 Å². The third-order valence-electron chi connectivity index (χ3n) is 12.5. The highest BCUT2D eigenvalue weighted by Crippen LogP contribution is 2.21. The predicted molar refractivity (Wildman–Crippen MR) is 245 cm³/mol. The number of ketones is 1. The smallest absolute Gasteiger partial charge is 0.410 e. The Balaban J connectivity index is 0.000000223. The van der Waals surface area contributed by atoms with Crippen LogP contribution in [-0.2, 0) is 14.3 Å². The van der Waals surface area contributed by atoms with E-state index in [0.717, 1.165) is 70.2 Å². The molecule has 6 fully saturated rings. The molecule has 14 nitrogen and oxygen atoms in total. The molecule has 0 aromatic carbocycles. The number of rotatable bonds is 5. The number of amides is 2. The summed E-state index contributed by atoms with van der Waals surface area (Å²) < 4.78 is 10.7. The molecular weight excluding hydrogens is 759 g/mol. The molecule has 0 aliphatic carbocycles. The fourth-order valence-electron chi connectivity index (χ4n) is 8.61. The van der Waals surface area contributed by atoms with Crippen LogP contribution >= 0.6 is 0 Å². The van der Waals surface area contributed by atoms with E-state index in [1.165, 1.54) is 78.3 Å². The summed E-state index contributed by atoms with van der Waals surface area (Å²) in [6.45, 7) is 44.5. The summed E-state index contributed by atoms with van der Waals surface area (Å²) >= 11 is 0. The van der Waals surface area contributed by atoms with Gasteiger partial charge in [-0.05, 0) is 122 Å². The number of carbonyl (C=O) groups is 3. The lowest BCUT2D eigenvalue weighted by Crippen LogP contribution is -2.55. The fraction of sp³-hybridized carbons (Fsp3) is 0.935. The third kappa shape index (κ3) is 20.0. The molecular formula is C46H91N9O5. The van der Waals surface area contributed by atoms with Crippen LogP contribution in [-0.4, -0.2) is 211 Å². The summed E-state index contributed by atoms with van der Waals surface area (Å²) in [4.78, 5) is 51.0. The molecule has 2 amide bonds. The maximum Gasteiger partial charge on any atom is 0.410 e. The minimum Gasteiger partial charge on any atom is -0.444 e. The zero-order chi connectivity index (χ0) is 44.5. The molecule has 0 atom stereocenters. The van der Waals surface area contributed by atoms with E-state index in [4.69, 9.17) is 9.47 Å². The number of carbonyl (C=O) groups excluding carboxylic acids is 3. The maximum atomic E-state index is 12.1. The maximum absolute atomic E-state index is 12.1. The van der Waals surface area contributed by atoms with Gasteiger partial charge < -0.3 is 29.9 Å². The molecule has 6 aliphatic rings. The first-order chi connectivity index (χ1) is 28.2. The van der Waals surface area contributed by atoms with Crippen LogP contribution in [0.1, 0.15) is 122 Å². The van der Waals surface area contributed by atoms with Crippen molar-refractivity contribution in [3.8, 4) is 0 Å². The van der Waals surface area contributed by atoms with E-state index >= 15 is 0 Å². The molecule has 0 aromatic heterocycles. The zero-order valence-corrected chi connectivity index (χ0v) is 40.5. The molecule has 6 saturated heterocycles. The molecule has 6 rings (SSSR count). The van der Waals surface area contributed by atoms with Gasteiger partial charge in [0.25, 0.3) is 0 Å². The number of nitrogens with one attached hydrogen (secondary N) is 2. The summed E-state index contributed by atoms with van der Waals surface area (Å²) in [6.07, 6.45) is 5.28. The Labute approximate surface area is 366 Å². The quantitative estimate of drug-likeness (QED) is 0.386. The minimum atomic E-state index is -0.460. The van der Waals surface area contributed by atoms with E-state index in [1.54, 1.807) is 4.90 Å².